The number of hydrogen-bond donors (Lipinski definition) is 3. The fourth-order valence-corrected chi connectivity index (χ4v) is 2.94. The normalized spacial score (nSPS) is 18.9. The Bertz CT molecular complexity index is 655. The highest BCUT2D eigenvalue weighted by Crippen LogP contribution is 2.18. The van der Waals surface area contributed by atoms with E-state index < -0.39 is 0 Å². The van der Waals surface area contributed by atoms with Crippen LogP contribution in [0.25, 0.3) is 0 Å². The van der Waals surface area contributed by atoms with Crippen molar-refractivity contribution in [1.82, 2.24) is 20.6 Å². The molecule has 1 aliphatic rings. The third-order valence-electron chi connectivity index (χ3n) is 3.75. The summed E-state index contributed by atoms with van der Waals surface area (Å²) >= 11 is 3.45. The number of carbonyl (C=O) groups excluding carboxylic acids is 1. The Kier molecular flexibility index (Phi) is 4.07. The van der Waals surface area contributed by atoms with E-state index in [-0.39, 0.29) is 18.0 Å². The molecule has 0 fully saturated rings. The number of rotatable bonds is 3. The van der Waals surface area contributed by atoms with Crippen molar-refractivity contribution >= 4 is 21.8 Å². The van der Waals surface area contributed by atoms with Gasteiger partial charge in [0.05, 0.1) is 29.8 Å². The molecule has 110 valence electrons. The second-order valence-corrected chi connectivity index (χ2v) is 6.17. The Morgan fingerprint density at radius 3 is 3.19 bits per heavy atom. The maximum Gasteiger partial charge on any atom is 0.238 e. The number of nitrogens with one attached hydrogen (secondary N) is 3. The van der Waals surface area contributed by atoms with Crippen molar-refractivity contribution in [2.75, 3.05) is 0 Å². The SMILES string of the molecule is C[C@H](NC(=O)C1Cc2nc[nH]c2CN1)c1cccc(Br)c1. The summed E-state index contributed by atoms with van der Waals surface area (Å²) < 4.78 is 1.01. The summed E-state index contributed by atoms with van der Waals surface area (Å²) in [6, 6.07) is 7.71. The number of carbonyl (C=O) groups is 1. The van der Waals surface area contributed by atoms with Gasteiger partial charge in [-0.15, -0.1) is 0 Å². The highest BCUT2D eigenvalue weighted by molar-refractivity contribution is 9.10. The van der Waals surface area contributed by atoms with Gasteiger partial charge in [-0.25, -0.2) is 4.98 Å². The molecule has 2 heterocycles. The van der Waals surface area contributed by atoms with Gasteiger partial charge >= 0.3 is 0 Å². The fraction of sp³-hybridized carbons (Fsp3) is 0.333. The minimum Gasteiger partial charge on any atom is -0.348 e. The van der Waals surface area contributed by atoms with Crippen LogP contribution in [0.15, 0.2) is 35.1 Å². The van der Waals surface area contributed by atoms with Crippen molar-refractivity contribution in [1.29, 1.82) is 0 Å². The molecule has 6 heteroatoms. The Labute approximate surface area is 131 Å². The summed E-state index contributed by atoms with van der Waals surface area (Å²) in [7, 11) is 0. The number of aromatic nitrogens is 2. The number of aromatic amines is 1. The third kappa shape index (κ3) is 3.16. The minimum atomic E-state index is -0.226. The van der Waals surface area contributed by atoms with Gasteiger partial charge in [0, 0.05) is 17.4 Å². The maximum absolute atomic E-state index is 12.4. The smallest absolute Gasteiger partial charge is 0.238 e. The molecular weight excluding hydrogens is 332 g/mol. The zero-order chi connectivity index (χ0) is 14.8. The average molecular weight is 349 g/mol. The number of fused-ring (bicyclic) bond motifs is 1. The van der Waals surface area contributed by atoms with Crippen LogP contribution in [0.1, 0.15) is 29.9 Å². The minimum absolute atomic E-state index is 0.0103. The van der Waals surface area contributed by atoms with Gasteiger partial charge < -0.3 is 10.3 Å². The van der Waals surface area contributed by atoms with E-state index in [1.807, 2.05) is 31.2 Å². The molecule has 0 spiro atoms. The molecule has 0 saturated carbocycles. The van der Waals surface area contributed by atoms with Crippen LogP contribution in [0.5, 0.6) is 0 Å². The quantitative estimate of drug-likeness (QED) is 0.795. The van der Waals surface area contributed by atoms with Crippen LogP contribution in [0.2, 0.25) is 0 Å². The summed E-state index contributed by atoms with van der Waals surface area (Å²) in [4.78, 5) is 19.7. The molecule has 1 unspecified atom stereocenters. The molecule has 1 aromatic heterocycles. The first kappa shape index (κ1) is 14.3. The lowest BCUT2D eigenvalue weighted by Gasteiger charge is -2.24. The van der Waals surface area contributed by atoms with Crippen molar-refractivity contribution in [2.24, 2.45) is 0 Å². The number of amides is 1. The number of H-pyrrole nitrogens is 1. The van der Waals surface area contributed by atoms with Crippen molar-refractivity contribution in [2.45, 2.75) is 32.0 Å². The Balaban J connectivity index is 1.64. The zero-order valence-corrected chi connectivity index (χ0v) is 13.3. The van der Waals surface area contributed by atoms with Crippen LogP contribution in [0, 0.1) is 0 Å². The lowest BCUT2D eigenvalue weighted by atomic mass is 10.0. The highest BCUT2D eigenvalue weighted by atomic mass is 79.9. The van der Waals surface area contributed by atoms with E-state index >= 15 is 0 Å². The number of imidazole rings is 1. The second kappa shape index (κ2) is 5.99. The molecule has 5 nitrogen and oxygen atoms in total. The zero-order valence-electron chi connectivity index (χ0n) is 11.7. The third-order valence-corrected chi connectivity index (χ3v) is 4.25. The fourth-order valence-electron chi connectivity index (χ4n) is 2.53. The number of halogens is 1. The molecule has 1 amide bonds. The molecule has 1 aliphatic heterocycles. The molecule has 3 rings (SSSR count). The van der Waals surface area contributed by atoms with Gasteiger partial charge in [-0.3, -0.25) is 10.1 Å². The van der Waals surface area contributed by atoms with Gasteiger partial charge in [0.25, 0.3) is 0 Å². The van der Waals surface area contributed by atoms with Crippen LogP contribution < -0.4 is 10.6 Å². The number of benzene rings is 1. The first-order valence-corrected chi connectivity index (χ1v) is 7.73. The van der Waals surface area contributed by atoms with E-state index in [1.54, 1.807) is 6.33 Å². The molecule has 0 saturated heterocycles. The Morgan fingerprint density at radius 1 is 1.52 bits per heavy atom. The maximum atomic E-state index is 12.4. The number of nitrogens with zero attached hydrogens (tertiary/aromatic N) is 1. The van der Waals surface area contributed by atoms with Crippen LogP contribution in [-0.2, 0) is 17.8 Å². The first-order chi connectivity index (χ1) is 10.1. The Hall–Kier alpha value is -1.66. The largest absolute Gasteiger partial charge is 0.348 e. The van der Waals surface area contributed by atoms with E-state index in [2.05, 4.69) is 36.5 Å². The highest BCUT2D eigenvalue weighted by Gasteiger charge is 2.26. The monoisotopic (exact) mass is 348 g/mol. The van der Waals surface area contributed by atoms with E-state index in [4.69, 9.17) is 0 Å². The predicted octanol–water partition coefficient (Wildman–Crippen LogP) is 2.06. The van der Waals surface area contributed by atoms with Gasteiger partial charge in [0.2, 0.25) is 5.91 Å². The van der Waals surface area contributed by atoms with Crippen LogP contribution in [0.3, 0.4) is 0 Å². The van der Waals surface area contributed by atoms with Crippen LogP contribution in [-0.4, -0.2) is 21.9 Å². The Morgan fingerprint density at radius 2 is 2.38 bits per heavy atom. The van der Waals surface area contributed by atoms with Crippen molar-refractivity contribution in [3.05, 3.63) is 52.0 Å². The summed E-state index contributed by atoms with van der Waals surface area (Å²) in [5, 5.41) is 6.29. The van der Waals surface area contributed by atoms with Gasteiger partial charge in [-0.05, 0) is 24.6 Å². The van der Waals surface area contributed by atoms with E-state index in [0.29, 0.717) is 13.0 Å². The van der Waals surface area contributed by atoms with E-state index in [0.717, 1.165) is 21.4 Å². The second-order valence-electron chi connectivity index (χ2n) is 5.25. The lowest BCUT2D eigenvalue weighted by molar-refractivity contribution is -0.124. The van der Waals surface area contributed by atoms with Gasteiger partial charge in [0.15, 0.2) is 0 Å². The molecular formula is C15H17BrN4O. The van der Waals surface area contributed by atoms with E-state index in [9.17, 15) is 4.79 Å². The predicted molar refractivity (Wildman–Crippen MR) is 83.6 cm³/mol. The molecule has 2 aromatic rings. The van der Waals surface area contributed by atoms with Crippen LogP contribution in [0.4, 0.5) is 0 Å². The number of hydrogen-bond acceptors (Lipinski definition) is 3. The topological polar surface area (TPSA) is 69.8 Å². The molecule has 21 heavy (non-hydrogen) atoms. The standard InChI is InChI=1S/C15H17BrN4O/c1-9(10-3-2-4-11(16)5-10)20-15(21)13-6-12-14(7-17-13)19-8-18-12/h2-5,8-9,13,17H,6-7H2,1H3,(H,18,19)(H,20,21)/t9-,13?/m0/s1. The molecule has 0 aliphatic carbocycles. The van der Waals surface area contributed by atoms with Gasteiger partial charge in [0.1, 0.15) is 0 Å². The summed E-state index contributed by atoms with van der Waals surface area (Å²) in [6.45, 7) is 2.64. The van der Waals surface area contributed by atoms with Crippen molar-refractivity contribution in [3.8, 4) is 0 Å². The molecule has 0 bridgehead atoms. The summed E-state index contributed by atoms with van der Waals surface area (Å²) in [5.41, 5.74) is 3.12. The van der Waals surface area contributed by atoms with Crippen molar-refractivity contribution in [3.63, 3.8) is 0 Å². The van der Waals surface area contributed by atoms with Crippen LogP contribution >= 0.6 is 15.9 Å². The molecule has 2 atom stereocenters. The lowest BCUT2D eigenvalue weighted by Crippen LogP contribution is -2.48. The summed E-state index contributed by atoms with van der Waals surface area (Å²) in [5.74, 6) is 0.0103. The van der Waals surface area contributed by atoms with Gasteiger partial charge in [-0.1, -0.05) is 28.1 Å². The summed E-state index contributed by atoms with van der Waals surface area (Å²) in [6.07, 6.45) is 2.30. The molecule has 1 aromatic carbocycles. The first-order valence-electron chi connectivity index (χ1n) is 6.94. The molecule has 3 N–H and O–H groups in total. The molecule has 0 radical (unpaired) electrons. The average Bonchev–Trinajstić information content (AvgIpc) is 2.94. The van der Waals surface area contributed by atoms with E-state index in [1.165, 1.54) is 0 Å². The van der Waals surface area contributed by atoms with Gasteiger partial charge in [-0.2, -0.15) is 0 Å². The van der Waals surface area contributed by atoms with Crippen molar-refractivity contribution < 1.29 is 4.79 Å².